The number of hydrogen-bond acceptors (Lipinski definition) is 21. The predicted molar refractivity (Wildman–Crippen MR) is 275 cm³/mol. The minimum Gasteiger partial charge on any atom is -0.485 e. The molecular formula is C52H69FN11O12P. The fourth-order valence-corrected chi connectivity index (χ4v) is 10.9. The second kappa shape index (κ2) is 27.6. The molecular weight excluding hydrogens is 1020 g/mol. The number of fused-ring (bicyclic) bond motifs is 2. The van der Waals surface area contributed by atoms with Gasteiger partial charge in [0, 0.05) is 12.7 Å². The molecule has 5 aromatic rings. The number of benzene rings is 1. The van der Waals surface area contributed by atoms with E-state index in [0.29, 0.717) is 13.0 Å². The number of rotatable bonds is 32. The summed E-state index contributed by atoms with van der Waals surface area (Å²) >= 11 is 0. The van der Waals surface area contributed by atoms with Gasteiger partial charge in [0.15, 0.2) is 11.6 Å². The van der Waals surface area contributed by atoms with Crippen molar-refractivity contribution in [3.05, 3.63) is 77.9 Å². The molecule has 1 aromatic carbocycles. The summed E-state index contributed by atoms with van der Waals surface area (Å²) in [5.74, 6) is -0.750. The number of nitrogen functional groups attached to an aromatic ring is 2. The number of phosphoric ester groups is 1. The Labute approximate surface area is 446 Å². The van der Waals surface area contributed by atoms with Crippen LogP contribution in [0.15, 0.2) is 55.1 Å². The second-order valence-corrected chi connectivity index (χ2v) is 21.1. The predicted octanol–water partition coefficient (Wildman–Crippen LogP) is 6.21. The number of aliphatic hydroxyl groups excluding tert-OH is 4. The molecule has 6 heterocycles. The summed E-state index contributed by atoms with van der Waals surface area (Å²) in [6, 6.07) is 14.8. The summed E-state index contributed by atoms with van der Waals surface area (Å²) in [5.41, 5.74) is 7.90. The Balaban J connectivity index is 1.02. The fraction of sp³-hybridized carbons (Fsp3) is 0.596. The minimum absolute atomic E-state index is 0.0258. The Morgan fingerprint density at radius 3 is 1.61 bits per heavy atom. The molecule has 416 valence electrons. The first-order valence-electron chi connectivity index (χ1n) is 26.3. The first-order chi connectivity index (χ1) is 37.2. The highest BCUT2D eigenvalue weighted by Crippen LogP contribution is 2.52. The molecule has 0 radical (unpaired) electrons. The van der Waals surface area contributed by atoms with Crippen molar-refractivity contribution in [3.8, 4) is 24.0 Å². The lowest BCUT2D eigenvalue weighted by atomic mass is 9.92. The number of nitriles is 3. The van der Waals surface area contributed by atoms with Gasteiger partial charge < -0.3 is 50.8 Å². The molecule has 0 saturated carbocycles. The molecule has 2 saturated heterocycles. The largest absolute Gasteiger partial charge is 0.485 e. The van der Waals surface area contributed by atoms with Crippen LogP contribution in [0.25, 0.3) is 11.0 Å². The highest BCUT2D eigenvalue weighted by atomic mass is 31.2. The average Bonchev–Trinajstić information content (AvgIpc) is 4.29. The molecule has 0 bridgehead atoms. The summed E-state index contributed by atoms with van der Waals surface area (Å²) < 4.78 is 73.6. The zero-order valence-corrected chi connectivity index (χ0v) is 44.0. The van der Waals surface area contributed by atoms with Crippen molar-refractivity contribution in [3.63, 3.8) is 0 Å². The molecule has 7 rings (SSSR count). The van der Waals surface area contributed by atoms with E-state index in [4.69, 9.17) is 44.0 Å². The highest BCUT2D eigenvalue weighted by molar-refractivity contribution is 7.48. The number of aromatic nitrogens is 6. The molecule has 2 aliphatic heterocycles. The van der Waals surface area contributed by atoms with Gasteiger partial charge in [-0.2, -0.15) is 26.0 Å². The van der Waals surface area contributed by atoms with Gasteiger partial charge in [-0.1, -0.05) is 103 Å². The first kappa shape index (κ1) is 58.8. The molecule has 0 amide bonds. The van der Waals surface area contributed by atoms with Crippen molar-refractivity contribution < 1.29 is 61.9 Å². The number of halogens is 1. The lowest BCUT2D eigenvalue weighted by molar-refractivity contribution is -0.0756. The topological polar surface area (TPSA) is 346 Å². The molecule has 4 aromatic heterocycles. The number of ether oxygens (including phenoxy) is 4. The highest BCUT2D eigenvalue weighted by Gasteiger charge is 2.59. The van der Waals surface area contributed by atoms with Gasteiger partial charge >= 0.3 is 7.82 Å². The van der Waals surface area contributed by atoms with Crippen LogP contribution in [-0.2, 0) is 43.5 Å². The number of hydrogen-bond donors (Lipinski definition) is 6. The van der Waals surface area contributed by atoms with Crippen molar-refractivity contribution in [1.82, 2.24) is 29.2 Å². The van der Waals surface area contributed by atoms with Gasteiger partial charge in [-0.3, -0.25) is 13.6 Å². The standard InChI is InChI=1S/C52H69FN11O12P/c1-2-3-4-5-6-7-8-9-10-11-12-13-14-15-16-17-22-70-27-38(74-37-24-35(26-54)23-36(53)25-37)28-71-77(69,72-29-41-45(65)47(67)51(31-55,75-41)43-20-18-39-49(57)59-33-61-63(39)43)73-30-42-46(66)48(68)52(32-56,76-42)44-21-19-40-50(58)60-34-62-64(40)44/h18-21,23-25,33-34,38,41-42,45-48,65-68H,2-17,22,27-30H2,1H3,(H2,57,59,61)(H2,58,60,62)/t38-,41-,42-,45-,46-,47-,48-,51+,52+/m1/s1. The van der Waals surface area contributed by atoms with E-state index in [1.807, 2.05) is 18.2 Å². The minimum atomic E-state index is -5.05. The second-order valence-electron chi connectivity index (χ2n) is 19.4. The number of phosphoric acid groups is 1. The van der Waals surface area contributed by atoms with Crippen LogP contribution in [0, 0.1) is 39.8 Å². The molecule has 23 nitrogen and oxygen atoms in total. The normalized spacial score (nSPS) is 23.8. The molecule has 0 unspecified atom stereocenters. The molecule has 0 spiro atoms. The van der Waals surface area contributed by atoms with E-state index in [9.17, 15) is 45.2 Å². The van der Waals surface area contributed by atoms with E-state index >= 15 is 0 Å². The van der Waals surface area contributed by atoms with Gasteiger partial charge in [0.1, 0.15) is 90.1 Å². The van der Waals surface area contributed by atoms with Gasteiger partial charge in [0.25, 0.3) is 0 Å². The number of nitrogens with two attached hydrogens (primary N) is 2. The number of anilines is 2. The van der Waals surface area contributed by atoms with Crippen LogP contribution < -0.4 is 16.2 Å². The van der Waals surface area contributed by atoms with Crippen LogP contribution in [0.5, 0.6) is 5.75 Å². The van der Waals surface area contributed by atoms with E-state index in [2.05, 4.69) is 27.1 Å². The Kier molecular flexibility index (Phi) is 21.1. The first-order valence-corrected chi connectivity index (χ1v) is 27.8. The molecule has 2 aliphatic rings. The van der Waals surface area contributed by atoms with Crippen molar-refractivity contribution in [2.24, 2.45) is 0 Å². The average molecular weight is 1090 g/mol. The van der Waals surface area contributed by atoms with Crippen LogP contribution in [0.3, 0.4) is 0 Å². The zero-order chi connectivity index (χ0) is 55.0. The Morgan fingerprint density at radius 1 is 0.688 bits per heavy atom. The van der Waals surface area contributed by atoms with Crippen LogP contribution in [0.1, 0.15) is 127 Å². The lowest BCUT2D eigenvalue weighted by Crippen LogP contribution is -2.41. The molecule has 2 fully saturated rings. The van der Waals surface area contributed by atoms with Crippen molar-refractivity contribution in [1.29, 1.82) is 15.8 Å². The number of unbranched alkanes of at least 4 members (excludes halogenated alkanes) is 15. The maximum Gasteiger partial charge on any atom is 0.475 e. The van der Waals surface area contributed by atoms with Crippen LogP contribution in [0.2, 0.25) is 0 Å². The number of aliphatic hydroxyl groups is 4. The third kappa shape index (κ3) is 14.0. The SMILES string of the molecule is CCCCCCCCCCCCCCCCCCOC[C@H](COP(=O)(OC[C@H]1O[C@@](C#N)(c2ccc3c(N)ncnn23)[C@H](O)[C@@H]1O)OC[C@H]1O[C@@](C#N)(c2ccc3c(N)ncnn23)[C@H](O)[C@@H]1O)Oc1cc(F)cc(C#N)c1. The Morgan fingerprint density at radius 2 is 1.16 bits per heavy atom. The fourth-order valence-electron chi connectivity index (χ4n) is 9.69. The van der Waals surface area contributed by atoms with Crippen LogP contribution in [-0.4, -0.2) is 125 Å². The summed E-state index contributed by atoms with van der Waals surface area (Å²) in [6.45, 7) is -0.0430. The van der Waals surface area contributed by atoms with Gasteiger partial charge in [0.2, 0.25) is 11.2 Å². The Bertz CT molecular complexity index is 2760. The molecule has 8 N–H and O–H groups in total. The smallest absolute Gasteiger partial charge is 0.475 e. The molecule has 0 aliphatic carbocycles. The molecule has 77 heavy (non-hydrogen) atoms. The third-order valence-corrected chi connectivity index (χ3v) is 15.3. The summed E-state index contributed by atoms with van der Waals surface area (Å²) in [6.07, 6.45) is 9.50. The van der Waals surface area contributed by atoms with Crippen molar-refractivity contribution in [2.45, 2.75) is 164 Å². The summed E-state index contributed by atoms with van der Waals surface area (Å²) in [5, 5.41) is 84.3. The Hall–Kier alpha value is -5.91. The van der Waals surface area contributed by atoms with Gasteiger partial charge in [0.05, 0.1) is 49.4 Å². The maximum absolute atomic E-state index is 14.9. The lowest BCUT2D eigenvalue weighted by Gasteiger charge is -2.26. The van der Waals surface area contributed by atoms with E-state index in [1.165, 1.54) is 110 Å². The summed E-state index contributed by atoms with van der Waals surface area (Å²) in [4.78, 5) is 7.87. The van der Waals surface area contributed by atoms with Gasteiger partial charge in [-0.15, -0.1) is 0 Å². The monoisotopic (exact) mass is 1090 g/mol. The number of nitrogens with zero attached hydrogens (tertiary/aromatic N) is 9. The van der Waals surface area contributed by atoms with Crippen LogP contribution in [0.4, 0.5) is 16.0 Å². The van der Waals surface area contributed by atoms with Crippen molar-refractivity contribution >= 4 is 30.5 Å². The van der Waals surface area contributed by atoms with E-state index in [0.717, 1.165) is 50.5 Å². The van der Waals surface area contributed by atoms with Crippen LogP contribution >= 0.6 is 7.82 Å². The molecule has 9 atom stereocenters. The quantitative estimate of drug-likeness (QED) is 0.0206. The molecule has 25 heteroatoms. The van der Waals surface area contributed by atoms with E-state index in [-0.39, 0.29) is 52.0 Å². The summed E-state index contributed by atoms with van der Waals surface area (Å²) in [7, 11) is -5.05. The van der Waals surface area contributed by atoms with Crippen molar-refractivity contribution in [2.75, 3.05) is 44.5 Å². The third-order valence-electron chi connectivity index (χ3n) is 13.9. The maximum atomic E-state index is 14.9. The van der Waals surface area contributed by atoms with Gasteiger partial charge in [-0.05, 0) is 42.8 Å². The van der Waals surface area contributed by atoms with Gasteiger partial charge in [-0.25, -0.2) is 28.0 Å². The van der Waals surface area contributed by atoms with E-state index < -0.39 is 87.4 Å². The zero-order valence-electron chi connectivity index (χ0n) is 43.1. The van der Waals surface area contributed by atoms with E-state index in [1.54, 1.807) is 0 Å².